The maximum Gasteiger partial charge on any atom is 0.408 e. The molecule has 1 fully saturated rings. The van der Waals surface area contributed by atoms with E-state index in [0.29, 0.717) is 24.5 Å². The van der Waals surface area contributed by atoms with Crippen molar-refractivity contribution in [1.29, 1.82) is 0 Å². The number of alkyl carbamates (subject to hydrolysis) is 1. The van der Waals surface area contributed by atoms with Crippen molar-refractivity contribution < 1.29 is 14.6 Å². The first-order chi connectivity index (χ1) is 13.7. The molecule has 0 spiro atoms. The second kappa shape index (κ2) is 8.24. The van der Waals surface area contributed by atoms with Crippen molar-refractivity contribution in [2.75, 3.05) is 23.7 Å². The summed E-state index contributed by atoms with van der Waals surface area (Å²) in [6, 6.07) is 1.40. The van der Waals surface area contributed by atoms with Crippen molar-refractivity contribution in [3.8, 4) is 0 Å². The fourth-order valence-corrected chi connectivity index (χ4v) is 3.72. The second-order valence-corrected chi connectivity index (χ2v) is 8.41. The average molecular weight is 403 g/mol. The molecule has 1 aliphatic rings. The van der Waals surface area contributed by atoms with Gasteiger partial charge in [-0.25, -0.2) is 9.48 Å². The van der Waals surface area contributed by atoms with Crippen LogP contribution in [0.25, 0.3) is 0 Å². The summed E-state index contributed by atoms with van der Waals surface area (Å²) in [6.45, 7) is 8.58. The molecule has 1 amide bonds. The van der Waals surface area contributed by atoms with Gasteiger partial charge < -0.3 is 25.8 Å². The van der Waals surface area contributed by atoms with E-state index in [1.165, 1.54) is 0 Å². The summed E-state index contributed by atoms with van der Waals surface area (Å²) >= 11 is 0. The number of carbonyl (C=O) groups excluding carboxylic acids is 1. The van der Waals surface area contributed by atoms with Crippen LogP contribution >= 0.6 is 0 Å². The van der Waals surface area contributed by atoms with Gasteiger partial charge in [0.15, 0.2) is 0 Å². The molecule has 1 aliphatic heterocycles. The highest BCUT2D eigenvalue weighted by atomic mass is 16.6. The largest absolute Gasteiger partial charge is 0.444 e. The molecule has 0 aliphatic carbocycles. The first-order valence-electron chi connectivity index (χ1n) is 9.63. The Morgan fingerprint density at radius 1 is 1.41 bits per heavy atom. The molecule has 2 aromatic heterocycles. The number of aliphatic hydroxyl groups excluding tert-OH is 1. The van der Waals surface area contributed by atoms with E-state index in [1.807, 2.05) is 26.8 Å². The van der Waals surface area contributed by atoms with Gasteiger partial charge in [-0.3, -0.25) is 4.98 Å². The minimum Gasteiger partial charge on any atom is -0.444 e. The van der Waals surface area contributed by atoms with Gasteiger partial charge in [0, 0.05) is 19.3 Å². The van der Waals surface area contributed by atoms with Crippen molar-refractivity contribution in [2.45, 2.75) is 52.0 Å². The number of rotatable bonds is 4. The van der Waals surface area contributed by atoms with Gasteiger partial charge in [-0.2, -0.15) is 0 Å². The highest BCUT2D eigenvalue weighted by molar-refractivity contribution is 5.69. The average Bonchev–Trinajstić information content (AvgIpc) is 3.08. The first-order valence-corrected chi connectivity index (χ1v) is 9.63. The molecule has 4 N–H and O–H groups in total. The van der Waals surface area contributed by atoms with Crippen LogP contribution in [0.5, 0.6) is 0 Å². The molecule has 0 bridgehead atoms. The quantitative estimate of drug-likeness (QED) is 0.697. The van der Waals surface area contributed by atoms with E-state index in [-0.39, 0.29) is 24.6 Å². The van der Waals surface area contributed by atoms with Crippen LogP contribution in [-0.4, -0.2) is 55.9 Å². The summed E-state index contributed by atoms with van der Waals surface area (Å²) in [5.74, 6) is 0.101. The molecule has 29 heavy (non-hydrogen) atoms. The SMILES string of the molecule is C[C@H]1CN(c2ccncc2N)C[C@@H](NC(=O)OC(C)(C)C)[C@H]1n1cc(CO)nn1. The Balaban J connectivity index is 1.88. The van der Waals surface area contributed by atoms with Crippen LogP contribution in [0.15, 0.2) is 24.7 Å². The Labute approximate surface area is 170 Å². The van der Waals surface area contributed by atoms with Gasteiger partial charge in [0.2, 0.25) is 0 Å². The summed E-state index contributed by atoms with van der Waals surface area (Å²) in [7, 11) is 0. The highest BCUT2D eigenvalue weighted by Gasteiger charge is 2.38. The lowest BCUT2D eigenvalue weighted by atomic mass is 9.89. The Bertz CT molecular complexity index is 848. The highest BCUT2D eigenvalue weighted by Crippen LogP contribution is 2.33. The number of hydrogen-bond donors (Lipinski definition) is 3. The fourth-order valence-electron chi connectivity index (χ4n) is 3.72. The fraction of sp³-hybridized carbons (Fsp3) is 0.579. The molecule has 3 heterocycles. The van der Waals surface area contributed by atoms with E-state index in [0.717, 1.165) is 5.69 Å². The van der Waals surface area contributed by atoms with Crippen molar-refractivity contribution in [2.24, 2.45) is 5.92 Å². The molecule has 0 unspecified atom stereocenters. The summed E-state index contributed by atoms with van der Waals surface area (Å²) in [4.78, 5) is 18.7. The number of aromatic nitrogens is 4. The third-order valence-electron chi connectivity index (χ3n) is 4.82. The standard InChI is InChI=1S/C19H29N7O3/c1-12-8-25(16-5-6-21-7-14(16)20)10-15(22-18(28)29-19(2,3)4)17(12)26-9-13(11-27)23-24-26/h5-7,9,12,15,17,27H,8,10-11,20H2,1-4H3,(H,22,28)/t12-,15+,17-/m0/s1. The number of aliphatic hydroxyl groups is 1. The predicted molar refractivity (Wildman–Crippen MR) is 108 cm³/mol. The molecule has 10 heteroatoms. The summed E-state index contributed by atoms with van der Waals surface area (Å²) in [5, 5.41) is 20.5. The molecule has 1 saturated heterocycles. The lowest BCUT2D eigenvalue weighted by molar-refractivity contribution is 0.0465. The number of ether oxygens (including phenoxy) is 1. The zero-order valence-corrected chi connectivity index (χ0v) is 17.2. The molecule has 0 radical (unpaired) electrons. The number of nitrogen functional groups attached to an aromatic ring is 1. The monoisotopic (exact) mass is 403 g/mol. The lowest BCUT2D eigenvalue weighted by Gasteiger charge is -2.43. The molecule has 0 aromatic carbocycles. The summed E-state index contributed by atoms with van der Waals surface area (Å²) in [5.41, 5.74) is 7.45. The number of carbonyl (C=O) groups is 1. The number of nitrogens with two attached hydrogens (primary N) is 1. The number of anilines is 2. The molecule has 3 atom stereocenters. The van der Waals surface area contributed by atoms with Gasteiger partial charge in [0.05, 0.1) is 42.5 Å². The van der Waals surface area contributed by atoms with Crippen molar-refractivity contribution >= 4 is 17.5 Å². The minimum absolute atomic E-state index is 0.101. The molecular weight excluding hydrogens is 374 g/mol. The summed E-state index contributed by atoms with van der Waals surface area (Å²) in [6.07, 6.45) is 4.53. The van der Waals surface area contributed by atoms with E-state index in [1.54, 1.807) is 23.3 Å². The molecule has 3 rings (SSSR count). The normalized spacial score (nSPS) is 22.4. The first kappa shape index (κ1) is 20.8. The number of piperidine rings is 1. The number of pyridine rings is 1. The smallest absolute Gasteiger partial charge is 0.408 e. The third-order valence-corrected chi connectivity index (χ3v) is 4.82. The zero-order chi connectivity index (χ0) is 21.2. The number of amides is 1. The molecule has 10 nitrogen and oxygen atoms in total. The third kappa shape index (κ3) is 4.94. The minimum atomic E-state index is -0.605. The van der Waals surface area contributed by atoms with Crippen LogP contribution in [0.2, 0.25) is 0 Å². The van der Waals surface area contributed by atoms with E-state index in [2.05, 4.69) is 32.4 Å². The number of nitrogens with one attached hydrogen (secondary N) is 1. The van der Waals surface area contributed by atoms with Crippen LogP contribution in [0, 0.1) is 5.92 Å². The van der Waals surface area contributed by atoms with E-state index in [4.69, 9.17) is 10.5 Å². The second-order valence-electron chi connectivity index (χ2n) is 8.41. The van der Waals surface area contributed by atoms with Gasteiger partial charge in [-0.05, 0) is 32.8 Å². The molecule has 158 valence electrons. The Hall–Kier alpha value is -2.88. The van der Waals surface area contributed by atoms with Crippen molar-refractivity contribution in [3.05, 3.63) is 30.4 Å². The Kier molecular flexibility index (Phi) is 5.92. The maximum absolute atomic E-state index is 12.5. The van der Waals surface area contributed by atoms with Crippen molar-refractivity contribution in [1.82, 2.24) is 25.3 Å². The van der Waals surface area contributed by atoms with Crippen LogP contribution < -0.4 is 16.0 Å². The van der Waals surface area contributed by atoms with Crippen LogP contribution in [0.3, 0.4) is 0 Å². The van der Waals surface area contributed by atoms with Crippen LogP contribution in [0.4, 0.5) is 16.2 Å². The molecule has 2 aromatic rings. The van der Waals surface area contributed by atoms with Gasteiger partial charge in [0.25, 0.3) is 0 Å². The van der Waals surface area contributed by atoms with Gasteiger partial charge in [-0.15, -0.1) is 5.10 Å². The van der Waals surface area contributed by atoms with Crippen LogP contribution in [-0.2, 0) is 11.3 Å². The van der Waals surface area contributed by atoms with Crippen molar-refractivity contribution in [3.63, 3.8) is 0 Å². The molecular formula is C19H29N7O3. The van der Waals surface area contributed by atoms with E-state index in [9.17, 15) is 9.90 Å². The lowest BCUT2D eigenvalue weighted by Crippen LogP contribution is -2.57. The number of hydrogen-bond acceptors (Lipinski definition) is 8. The topological polar surface area (TPSA) is 131 Å². The van der Waals surface area contributed by atoms with Gasteiger partial charge >= 0.3 is 6.09 Å². The number of nitrogens with zero attached hydrogens (tertiary/aromatic N) is 5. The van der Waals surface area contributed by atoms with Crippen LogP contribution in [0.1, 0.15) is 39.4 Å². The maximum atomic E-state index is 12.5. The van der Waals surface area contributed by atoms with E-state index < -0.39 is 11.7 Å². The van der Waals surface area contributed by atoms with Gasteiger partial charge in [-0.1, -0.05) is 12.1 Å². The van der Waals surface area contributed by atoms with Gasteiger partial charge in [0.1, 0.15) is 11.3 Å². The summed E-state index contributed by atoms with van der Waals surface area (Å²) < 4.78 is 7.18. The predicted octanol–water partition coefficient (Wildman–Crippen LogP) is 1.34. The zero-order valence-electron chi connectivity index (χ0n) is 17.2. The Morgan fingerprint density at radius 3 is 2.79 bits per heavy atom. The Morgan fingerprint density at radius 2 is 2.17 bits per heavy atom. The van der Waals surface area contributed by atoms with E-state index >= 15 is 0 Å². The molecule has 0 saturated carbocycles.